The summed E-state index contributed by atoms with van der Waals surface area (Å²) in [6, 6.07) is 15.5. The Hall–Kier alpha value is -2.26. The highest BCUT2D eigenvalue weighted by Crippen LogP contribution is 2.30. The van der Waals surface area contributed by atoms with Gasteiger partial charge in [0.25, 0.3) is 0 Å². The number of aliphatic hydroxyl groups excluding tert-OH is 1. The molecule has 104 valence electrons. The Kier molecular flexibility index (Phi) is 4.80. The van der Waals surface area contributed by atoms with Crippen LogP contribution in [0.4, 0.5) is 0 Å². The van der Waals surface area contributed by atoms with Crippen molar-refractivity contribution in [3.05, 3.63) is 66.2 Å². The standard InChI is InChI=1S/C17H18O3/c1-13(11-18)15-8-9-16(17(10-15)19-2)20-12-14-6-4-3-5-7-14/h3-10,18H,1,11-12H2,2H3. The molecule has 0 bridgehead atoms. The first-order chi connectivity index (χ1) is 9.74. The molecule has 2 rings (SSSR count). The van der Waals surface area contributed by atoms with Gasteiger partial charge in [-0.3, -0.25) is 0 Å². The van der Waals surface area contributed by atoms with Crippen molar-refractivity contribution in [2.24, 2.45) is 0 Å². The van der Waals surface area contributed by atoms with Crippen molar-refractivity contribution in [1.82, 2.24) is 0 Å². The Labute approximate surface area is 119 Å². The van der Waals surface area contributed by atoms with Crippen LogP contribution in [0, 0.1) is 0 Å². The lowest BCUT2D eigenvalue weighted by Crippen LogP contribution is -1.98. The van der Waals surface area contributed by atoms with Crippen LogP contribution in [-0.2, 0) is 6.61 Å². The zero-order valence-corrected chi connectivity index (χ0v) is 11.5. The minimum Gasteiger partial charge on any atom is -0.493 e. The van der Waals surface area contributed by atoms with Crippen LogP contribution in [0.2, 0.25) is 0 Å². The lowest BCUT2D eigenvalue weighted by Gasteiger charge is -2.12. The number of ether oxygens (including phenoxy) is 2. The van der Waals surface area contributed by atoms with Gasteiger partial charge in [-0.2, -0.15) is 0 Å². The van der Waals surface area contributed by atoms with Crippen molar-refractivity contribution >= 4 is 5.57 Å². The third-order valence-corrected chi connectivity index (χ3v) is 3.00. The zero-order valence-electron chi connectivity index (χ0n) is 11.5. The van der Waals surface area contributed by atoms with Crippen LogP contribution in [-0.4, -0.2) is 18.8 Å². The molecular formula is C17H18O3. The van der Waals surface area contributed by atoms with E-state index < -0.39 is 0 Å². The number of benzene rings is 2. The molecule has 2 aromatic carbocycles. The van der Waals surface area contributed by atoms with Crippen molar-refractivity contribution in [1.29, 1.82) is 0 Å². The second kappa shape index (κ2) is 6.78. The Morgan fingerprint density at radius 2 is 1.85 bits per heavy atom. The van der Waals surface area contributed by atoms with Gasteiger partial charge in [-0.1, -0.05) is 43.0 Å². The number of rotatable bonds is 6. The van der Waals surface area contributed by atoms with E-state index in [-0.39, 0.29) is 6.61 Å². The molecule has 0 radical (unpaired) electrons. The number of aliphatic hydroxyl groups is 1. The van der Waals surface area contributed by atoms with E-state index in [1.807, 2.05) is 48.5 Å². The Morgan fingerprint density at radius 1 is 1.10 bits per heavy atom. The van der Waals surface area contributed by atoms with Gasteiger partial charge in [0.15, 0.2) is 11.5 Å². The summed E-state index contributed by atoms with van der Waals surface area (Å²) in [5, 5.41) is 9.10. The molecule has 0 saturated carbocycles. The summed E-state index contributed by atoms with van der Waals surface area (Å²) in [4.78, 5) is 0. The highest BCUT2D eigenvalue weighted by atomic mass is 16.5. The average Bonchev–Trinajstić information content (AvgIpc) is 2.53. The lowest BCUT2D eigenvalue weighted by molar-refractivity contribution is 0.284. The van der Waals surface area contributed by atoms with E-state index in [0.29, 0.717) is 23.7 Å². The Bertz CT molecular complexity index is 576. The monoisotopic (exact) mass is 270 g/mol. The van der Waals surface area contributed by atoms with Crippen molar-refractivity contribution in [2.75, 3.05) is 13.7 Å². The van der Waals surface area contributed by atoms with E-state index in [1.54, 1.807) is 7.11 Å². The van der Waals surface area contributed by atoms with Gasteiger partial charge >= 0.3 is 0 Å². The first-order valence-electron chi connectivity index (χ1n) is 6.38. The Morgan fingerprint density at radius 3 is 2.50 bits per heavy atom. The van der Waals surface area contributed by atoms with Gasteiger partial charge in [0, 0.05) is 0 Å². The van der Waals surface area contributed by atoms with Crippen LogP contribution in [0.25, 0.3) is 5.57 Å². The summed E-state index contributed by atoms with van der Waals surface area (Å²) < 4.78 is 11.1. The molecule has 0 fully saturated rings. The molecule has 0 aromatic heterocycles. The maximum Gasteiger partial charge on any atom is 0.161 e. The number of hydrogen-bond donors (Lipinski definition) is 1. The van der Waals surface area contributed by atoms with Gasteiger partial charge in [0.05, 0.1) is 13.7 Å². The molecule has 2 aromatic rings. The van der Waals surface area contributed by atoms with Crippen LogP contribution in [0.15, 0.2) is 55.1 Å². The van der Waals surface area contributed by atoms with Crippen LogP contribution < -0.4 is 9.47 Å². The average molecular weight is 270 g/mol. The summed E-state index contributed by atoms with van der Waals surface area (Å²) in [6.45, 7) is 4.20. The van der Waals surface area contributed by atoms with E-state index in [4.69, 9.17) is 14.6 Å². The van der Waals surface area contributed by atoms with E-state index >= 15 is 0 Å². The maximum atomic E-state index is 9.10. The van der Waals surface area contributed by atoms with Crippen molar-refractivity contribution in [2.45, 2.75) is 6.61 Å². The van der Waals surface area contributed by atoms with Crippen molar-refractivity contribution in [3.63, 3.8) is 0 Å². The highest BCUT2D eigenvalue weighted by molar-refractivity contribution is 5.66. The first kappa shape index (κ1) is 14.2. The molecule has 0 atom stereocenters. The summed E-state index contributed by atoms with van der Waals surface area (Å²) >= 11 is 0. The Balaban J connectivity index is 2.13. The lowest BCUT2D eigenvalue weighted by atomic mass is 10.1. The molecule has 0 aliphatic carbocycles. The predicted molar refractivity (Wildman–Crippen MR) is 79.9 cm³/mol. The quantitative estimate of drug-likeness (QED) is 0.875. The fourth-order valence-corrected chi connectivity index (χ4v) is 1.83. The maximum absolute atomic E-state index is 9.10. The summed E-state index contributed by atoms with van der Waals surface area (Å²) in [5.74, 6) is 1.30. The van der Waals surface area contributed by atoms with Gasteiger partial charge < -0.3 is 14.6 Å². The highest BCUT2D eigenvalue weighted by Gasteiger charge is 2.07. The number of methoxy groups -OCH3 is 1. The van der Waals surface area contributed by atoms with Gasteiger partial charge in [0.1, 0.15) is 6.61 Å². The molecular weight excluding hydrogens is 252 g/mol. The van der Waals surface area contributed by atoms with Gasteiger partial charge in [-0.25, -0.2) is 0 Å². The van der Waals surface area contributed by atoms with E-state index in [0.717, 1.165) is 11.1 Å². The summed E-state index contributed by atoms with van der Waals surface area (Å²) in [5.41, 5.74) is 2.59. The van der Waals surface area contributed by atoms with E-state index in [1.165, 1.54) is 0 Å². The molecule has 3 nitrogen and oxygen atoms in total. The van der Waals surface area contributed by atoms with E-state index in [9.17, 15) is 0 Å². The molecule has 0 aliphatic heterocycles. The van der Waals surface area contributed by atoms with Crippen LogP contribution in [0.5, 0.6) is 11.5 Å². The minimum absolute atomic E-state index is 0.0760. The first-order valence-corrected chi connectivity index (χ1v) is 6.38. The fourth-order valence-electron chi connectivity index (χ4n) is 1.83. The van der Waals surface area contributed by atoms with Crippen LogP contribution in [0.1, 0.15) is 11.1 Å². The van der Waals surface area contributed by atoms with Gasteiger partial charge in [-0.15, -0.1) is 0 Å². The molecule has 3 heteroatoms. The second-order valence-corrected chi connectivity index (χ2v) is 4.40. The molecule has 0 amide bonds. The smallest absolute Gasteiger partial charge is 0.161 e. The molecule has 20 heavy (non-hydrogen) atoms. The third kappa shape index (κ3) is 3.39. The molecule has 1 N–H and O–H groups in total. The summed E-state index contributed by atoms with van der Waals surface area (Å²) in [7, 11) is 1.59. The van der Waals surface area contributed by atoms with Crippen LogP contribution >= 0.6 is 0 Å². The van der Waals surface area contributed by atoms with Gasteiger partial charge in [0.2, 0.25) is 0 Å². The van der Waals surface area contributed by atoms with Gasteiger partial charge in [-0.05, 0) is 28.8 Å². The topological polar surface area (TPSA) is 38.7 Å². The number of hydrogen-bond acceptors (Lipinski definition) is 3. The van der Waals surface area contributed by atoms with E-state index in [2.05, 4.69) is 6.58 Å². The van der Waals surface area contributed by atoms with Crippen molar-refractivity contribution < 1.29 is 14.6 Å². The molecule has 0 aliphatic rings. The van der Waals surface area contributed by atoms with Crippen molar-refractivity contribution in [3.8, 4) is 11.5 Å². The predicted octanol–water partition coefficient (Wildman–Crippen LogP) is 3.28. The minimum atomic E-state index is -0.0760. The summed E-state index contributed by atoms with van der Waals surface area (Å²) in [6.07, 6.45) is 0. The molecule has 0 saturated heterocycles. The SMILES string of the molecule is C=C(CO)c1ccc(OCc2ccccc2)c(OC)c1. The molecule has 0 heterocycles. The zero-order chi connectivity index (χ0) is 14.4. The third-order valence-electron chi connectivity index (χ3n) is 3.00. The molecule has 0 unspecified atom stereocenters. The largest absolute Gasteiger partial charge is 0.493 e. The second-order valence-electron chi connectivity index (χ2n) is 4.40. The molecule has 0 spiro atoms. The normalized spacial score (nSPS) is 10.1. The fraction of sp³-hybridized carbons (Fsp3) is 0.176. The van der Waals surface area contributed by atoms with Crippen LogP contribution in [0.3, 0.4) is 0 Å².